The summed E-state index contributed by atoms with van der Waals surface area (Å²) in [5.74, 6) is -0.0235. The monoisotopic (exact) mass is 369 g/mol. The Morgan fingerprint density at radius 3 is 1.77 bits per heavy atom. The van der Waals surface area contributed by atoms with Crippen molar-refractivity contribution in [1.82, 2.24) is 4.90 Å². The van der Waals surface area contributed by atoms with Crippen LogP contribution in [0, 0.1) is 20.8 Å². The average Bonchev–Trinajstić information content (AvgIpc) is 2.58. The van der Waals surface area contributed by atoms with Crippen molar-refractivity contribution in [3.63, 3.8) is 0 Å². The van der Waals surface area contributed by atoms with Crippen LogP contribution in [0.1, 0.15) is 17.3 Å². The number of hydrogen-bond donors (Lipinski definition) is 0. The Morgan fingerprint density at radius 2 is 1.32 bits per heavy atom. The normalized spacial score (nSPS) is 9.09. The minimum absolute atomic E-state index is 0. The van der Waals surface area contributed by atoms with E-state index >= 15 is 0 Å². The molecule has 3 heteroatoms. The molecule has 0 atom stereocenters. The predicted octanol–water partition coefficient (Wildman–Crippen LogP) is 4.30. The number of nitrogens with zero attached hydrogens (tertiary/aromatic N) is 1. The first-order chi connectivity index (χ1) is 10.3. The molecule has 0 bridgehead atoms. The molecule has 0 aliphatic heterocycles. The number of rotatable bonds is 4. The van der Waals surface area contributed by atoms with Crippen LogP contribution in [0.15, 0.2) is 54.6 Å². The van der Waals surface area contributed by atoms with Crippen molar-refractivity contribution < 1.29 is 37.5 Å². The second-order valence-corrected chi connectivity index (χ2v) is 4.24. The minimum atomic E-state index is -0.0235. The van der Waals surface area contributed by atoms with Gasteiger partial charge in [0.1, 0.15) is 0 Å². The van der Waals surface area contributed by atoms with Gasteiger partial charge in [0.25, 0.3) is 0 Å². The van der Waals surface area contributed by atoms with Crippen LogP contribution < -0.4 is 0 Å². The van der Waals surface area contributed by atoms with Crippen LogP contribution in [-0.2, 0) is 32.7 Å². The molecule has 0 radical (unpaired) electrons. The smallest absolute Gasteiger partial charge is 0.399 e. The first-order valence-corrected chi connectivity index (χ1v) is 7.00. The molecule has 0 unspecified atom stereocenters. The van der Waals surface area contributed by atoms with E-state index in [0.29, 0.717) is 18.7 Å². The van der Waals surface area contributed by atoms with Crippen molar-refractivity contribution in [3.05, 3.63) is 80.9 Å². The Morgan fingerprint density at radius 1 is 0.864 bits per heavy atom. The van der Waals surface area contributed by atoms with Gasteiger partial charge in [-0.3, -0.25) is 4.79 Å². The summed E-state index contributed by atoms with van der Waals surface area (Å²) in [7, 11) is 0. The number of hydrogen-bond acceptors (Lipinski definition) is 1. The summed E-state index contributed by atoms with van der Waals surface area (Å²) in [6.07, 6.45) is 0. The van der Waals surface area contributed by atoms with Crippen LogP contribution in [-0.4, -0.2) is 23.9 Å². The molecule has 0 aliphatic rings. The molecule has 112 valence electrons. The van der Waals surface area contributed by atoms with Gasteiger partial charge in [-0.1, -0.05) is 42.5 Å². The van der Waals surface area contributed by atoms with Gasteiger partial charge in [-0.05, 0) is 23.3 Å². The van der Waals surface area contributed by atoms with E-state index in [4.69, 9.17) is 0 Å². The zero-order chi connectivity index (χ0) is 15.7. The topological polar surface area (TPSA) is 20.3 Å². The molecule has 0 spiro atoms. The molecular weight excluding hydrogens is 347 g/mol. The quantitative estimate of drug-likeness (QED) is 0.736. The third-order valence-corrected chi connectivity index (χ3v) is 3.07. The first-order valence-electron chi connectivity index (χ1n) is 7.00. The Balaban J connectivity index is 0.00000141. The summed E-state index contributed by atoms with van der Waals surface area (Å²) in [5, 5.41) is 0. The van der Waals surface area contributed by atoms with Crippen molar-refractivity contribution >= 4 is 5.91 Å². The molecule has 2 aromatic rings. The summed E-state index contributed by atoms with van der Waals surface area (Å²) in [6.45, 7) is 13.3. The molecular formula is C19H22NOY. The van der Waals surface area contributed by atoms with Gasteiger partial charge in [-0.2, -0.15) is 6.92 Å². The molecule has 1 amide bonds. The van der Waals surface area contributed by atoms with Gasteiger partial charge in [0, 0.05) is 5.56 Å². The second kappa shape index (κ2) is 11.6. The number of carbonyl (C=O) groups is 1. The van der Waals surface area contributed by atoms with E-state index in [2.05, 4.69) is 32.9 Å². The number of benzene rings is 2. The van der Waals surface area contributed by atoms with E-state index in [1.165, 1.54) is 0 Å². The maximum Gasteiger partial charge on any atom is 3.00 e. The third-order valence-electron chi connectivity index (χ3n) is 3.07. The molecule has 0 N–H and O–H groups in total. The third kappa shape index (κ3) is 5.66. The van der Waals surface area contributed by atoms with Gasteiger partial charge in [0.05, 0.1) is 0 Å². The standard InChI is InChI=1S/C17H17NO.C2H5.Y/c1-3-18(4-2)17(19)16-12-10-15(11-13-16)14-8-6-5-7-9-14;1-2;/h5-13H,1-4H2;1H2,2H3;/q-2;-1;+3. The summed E-state index contributed by atoms with van der Waals surface area (Å²) < 4.78 is 0. The number of amides is 1. The fourth-order valence-electron chi connectivity index (χ4n) is 1.93. The van der Waals surface area contributed by atoms with E-state index in [1.807, 2.05) is 42.5 Å². The molecule has 0 saturated heterocycles. The van der Waals surface area contributed by atoms with Gasteiger partial charge in [0.2, 0.25) is 5.91 Å². The van der Waals surface area contributed by atoms with Crippen molar-refractivity contribution in [2.45, 2.75) is 6.92 Å². The van der Waals surface area contributed by atoms with Crippen molar-refractivity contribution in [2.24, 2.45) is 0 Å². The maximum absolute atomic E-state index is 12.1. The zero-order valence-electron chi connectivity index (χ0n) is 13.2. The van der Waals surface area contributed by atoms with Gasteiger partial charge in [-0.25, -0.2) is 0 Å². The van der Waals surface area contributed by atoms with Crippen molar-refractivity contribution in [3.8, 4) is 11.1 Å². The first kappa shape index (κ1) is 21.0. The molecule has 0 heterocycles. The Kier molecular flexibility index (Phi) is 11.0. The van der Waals surface area contributed by atoms with Crippen molar-refractivity contribution in [2.75, 3.05) is 13.1 Å². The molecule has 22 heavy (non-hydrogen) atoms. The largest absolute Gasteiger partial charge is 3.00 e. The molecule has 0 fully saturated rings. The van der Waals surface area contributed by atoms with Crippen LogP contribution in [0.4, 0.5) is 0 Å². The Bertz CT molecular complexity index is 533. The molecule has 0 aliphatic carbocycles. The van der Waals surface area contributed by atoms with E-state index in [-0.39, 0.29) is 38.6 Å². The van der Waals surface area contributed by atoms with E-state index in [9.17, 15) is 4.79 Å². The van der Waals surface area contributed by atoms with Crippen molar-refractivity contribution in [1.29, 1.82) is 0 Å². The van der Waals surface area contributed by atoms with Crippen LogP contribution in [0.3, 0.4) is 0 Å². The van der Waals surface area contributed by atoms with E-state index in [0.717, 1.165) is 11.1 Å². The minimum Gasteiger partial charge on any atom is -0.399 e. The Labute approximate surface area is 159 Å². The van der Waals surface area contributed by atoms with Crippen LogP contribution >= 0.6 is 0 Å². The molecule has 0 saturated carbocycles. The van der Waals surface area contributed by atoms with Gasteiger partial charge in [0.15, 0.2) is 0 Å². The SMILES string of the molecule is [CH2-]C.[CH2-]CN(C[CH2-])C(=O)c1ccc(-c2ccccc2)cc1.[Y+3]. The van der Waals surface area contributed by atoms with E-state index < -0.39 is 0 Å². The van der Waals surface area contributed by atoms with Gasteiger partial charge < -0.3 is 25.7 Å². The molecule has 2 nitrogen and oxygen atoms in total. The van der Waals surface area contributed by atoms with Crippen LogP contribution in [0.2, 0.25) is 0 Å². The van der Waals surface area contributed by atoms with Gasteiger partial charge >= 0.3 is 32.7 Å². The predicted molar refractivity (Wildman–Crippen MR) is 89.5 cm³/mol. The summed E-state index contributed by atoms with van der Waals surface area (Å²) in [6, 6.07) is 17.7. The fraction of sp³-hybridized carbons (Fsp3) is 0.158. The maximum atomic E-state index is 12.1. The summed E-state index contributed by atoms with van der Waals surface area (Å²) in [5.41, 5.74) is 2.92. The Hall–Kier alpha value is -0.986. The summed E-state index contributed by atoms with van der Waals surface area (Å²) in [4.78, 5) is 13.7. The zero-order valence-corrected chi connectivity index (χ0v) is 16.0. The molecule has 0 aromatic heterocycles. The number of carbonyl (C=O) groups excluding carboxylic acids is 1. The average molecular weight is 369 g/mol. The summed E-state index contributed by atoms with van der Waals surface area (Å²) >= 11 is 0. The fourth-order valence-corrected chi connectivity index (χ4v) is 1.93. The van der Waals surface area contributed by atoms with Gasteiger partial charge in [-0.15, -0.1) is 13.1 Å². The van der Waals surface area contributed by atoms with Crippen LogP contribution in [0.5, 0.6) is 0 Å². The second-order valence-electron chi connectivity index (χ2n) is 4.24. The van der Waals surface area contributed by atoms with Crippen LogP contribution in [0.25, 0.3) is 11.1 Å². The molecule has 2 rings (SSSR count). The van der Waals surface area contributed by atoms with E-state index in [1.54, 1.807) is 11.8 Å². The molecule has 2 aromatic carbocycles.